The van der Waals surface area contributed by atoms with Crippen LogP contribution in [0.15, 0.2) is 18.2 Å². The summed E-state index contributed by atoms with van der Waals surface area (Å²) < 4.78 is 0. The Bertz CT molecular complexity index is 348. The number of aldehydes is 1. The van der Waals surface area contributed by atoms with E-state index in [4.69, 9.17) is 0 Å². The van der Waals surface area contributed by atoms with Gasteiger partial charge in [-0.3, -0.25) is 4.79 Å². The van der Waals surface area contributed by atoms with Gasteiger partial charge in [0.05, 0.1) is 0 Å². The predicted octanol–water partition coefficient (Wildman–Crippen LogP) is 2.82. The number of benzene rings is 1. The number of allylic oxidation sites excluding steroid dienone is 1. The van der Waals surface area contributed by atoms with Gasteiger partial charge in [-0.05, 0) is 49.1 Å². The van der Waals surface area contributed by atoms with Crippen LogP contribution >= 0.6 is 0 Å². The summed E-state index contributed by atoms with van der Waals surface area (Å²) in [5.41, 5.74) is 4.96. The molecule has 1 rings (SSSR count). The fourth-order valence-electron chi connectivity index (χ4n) is 1.30. The average molecular weight is 174 g/mol. The van der Waals surface area contributed by atoms with Gasteiger partial charge in [0.1, 0.15) is 6.29 Å². The molecule has 0 saturated heterocycles. The molecular formula is C12H14O. The Morgan fingerprint density at radius 3 is 2.38 bits per heavy atom. The lowest BCUT2D eigenvalue weighted by Gasteiger charge is -2.07. The Hall–Kier alpha value is -1.37. The number of hydrogen-bond acceptors (Lipinski definition) is 1. The second-order valence-corrected chi connectivity index (χ2v) is 3.22. The molecule has 1 aromatic carbocycles. The Morgan fingerprint density at radius 1 is 1.08 bits per heavy atom. The summed E-state index contributed by atoms with van der Waals surface area (Å²) in [6.07, 6.45) is 4.17. The quantitative estimate of drug-likeness (QED) is 0.497. The molecule has 0 N–H and O–H groups in total. The maximum atomic E-state index is 10.2. The Kier molecular flexibility index (Phi) is 3.02. The molecule has 13 heavy (non-hydrogen) atoms. The van der Waals surface area contributed by atoms with Gasteiger partial charge in [0.25, 0.3) is 0 Å². The van der Waals surface area contributed by atoms with Crippen molar-refractivity contribution >= 4 is 12.4 Å². The summed E-state index contributed by atoms with van der Waals surface area (Å²) in [7, 11) is 0. The molecule has 0 spiro atoms. The molecule has 0 aliphatic heterocycles. The van der Waals surface area contributed by atoms with Gasteiger partial charge in [0.2, 0.25) is 0 Å². The molecule has 0 fully saturated rings. The summed E-state index contributed by atoms with van der Waals surface area (Å²) >= 11 is 0. The zero-order valence-corrected chi connectivity index (χ0v) is 8.29. The van der Waals surface area contributed by atoms with Gasteiger partial charge in [-0.2, -0.15) is 0 Å². The number of carbonyl (C=O) groups is 1. The minimum absolute atomic E-state index is 0.800. The first-order chi connectivity index (χ1) is 6.16. The minimum Gasteiger partial charge on any atom is -0.299 e. The minimum atomic E-state index is 0.800. The van der Waals surface area contributed by atoms with Gasteiger partial charge < -0.3 is 0 Å². The predicted molar refractivity (Wildman–Crippen MR) is 55.8 cm³/mol. The third-order valence-corrected chi connectivity index (χ3v) is 2.45. The van der Waals surface area contributed by atoms with Crippen molar-refractivity contribution in [2.75, 3.05) is 0 Å². The highest BCUT2D eigenvalue weighted by molar-refractivity contribution is 5.74. The van der Waals surface area contributed by atoms with Gasteiger partial charge >= 0.3 is 0 Å². The number of carbonyl (C=O) groups excluding carboxylic acids is 1. The fourth-order valence-corrected chi connectivity index (χ4v) is 1.30. The highest BCUT2D eigenvalue weighted by Crippen LogP contribution is 2.17. The van der Waals surface area contributed by atoms with Crippen LogP contribution in [0.1, 0.15) is 22.3 Å². The molecule has 0 bridgehead atoms. The van der Waals surface area contributed by atoms with Crippen molar-refractivity contribution in [2.45, 2.75) is 20.8 Å². The Balaban J connectivity index is 3.17. The second-order valence-electron chi connectivity index (χ2n) is 3.22. The van der Waals surface area contributed by atoms with E-state index in [9.17, 15) is 4.79 Å². The number of hydrogen-bond donors (Lipinski definition) is 0. The van der Waals surface area contributed by atoms with Crippen LogP contribution in [-0.2, 0) is 4.79 Å². The van der Waals surface area contributed by atoms with Crippen LogP contribution in [0.4, 0.5) is 0 Å². The average Bonchev–Trinajstić information content (AvgIpc) is 2.13. The van der Waals surface area contributed by atoms with Crippen molar-refractivity contribution in [1.29, 1.82) is 0 Å². The Labute approximate surface area is 79.1 Å². The third-order valence-electron chi connectivity index (χ3n) is 2.45. The zero-order valence-electron chi connectivity index (χ0n) is 8.29. The molecule has 1 aromatic rings. The van der Waals surface area contributed by atoms with E-state index >= 15 is 0 Å². The molecule has 0 aromatic heterocycles. The molecule has 0 amide bonds. The standard InChI is InChI=1S/C12H14O/c1-9-6-7-12(5-4-8-13)11(3)10(9)2/h4-8H,1-3H3/b5-4+. The van der Waals surface area contributed by atoms with Gasteiger partial charge in [-0.15, -0.1) is 0 Å². The van der Waals surface area contributed by atoms with Crippen molar-refractivity contribution < 1.29 is 4.79 Å². The van der Waals surface area contributed by atoms with Crippen molar-refractivity contribution in [3.05, 3.63) is 40.5 Å². The van der Waals surface area contributed by atoms with E-state index < -0.39 is 0 Å². The first-order valence-electron chi connectivity index (χ1n) is 4.35. The van der Waals surface area contributed by atoms with Gasteiger partial charge in [0, 0.05) is 0 Å². The van der Waals surface area contributed by atoms with Crippen LogP contribution in [0.5, 0.6) is 0 Å². The van der Waals surface area contributed by atoms with Crippen molar-refractivity contribution in [1.82, 2.24) is 0 Å². The Morgan fingerprint density at radius 2 is 1.77 bits per heavy atom. The lowest BCUT2D eigenvalue weighted by molar-refractivity contribution is -0.104. The van der Waals surface area contributed by atoms with Crippen molar-refractivity contribution in [2.24, 2.45) is 0 Å². The molecule has 0 aliphatic carbocycles. The molecule has 1 heteroatoms. The maximum absolute atomic E-state index is 10.2. The third kappa shape index (κ3) is 2.05. The molecule has 0 aliphatic rings. The molecular weight excluding hydrogens is 160 g/mol. The van der Waals surface area contributed by atoms with E-state index in [1.807, 2.05) is 12.1 Å². The maximum Gasteiger partial charge on any atom is 0.142 e. The van der Waals surface area contributed by atoms with Crippen LogP contribution < -0.4 is 0 Å². The van der Waals surface area contributed by atoms with Crippen LogP contribution in [0.25, 0.3) is 6.08 Å². The first kappa shape index (κ1) is 9.72. The highest BCUT2D eigenvalue weighted by Gasteiger charge is 1.99. The van der Waals surface area contributed by atoms with E-state index in [0.717, 1.165) is 11.8 Å². The lowest BCUT2D eigenvalue weighted by Crippen LogP contribution is -1.89. The largest absolute Gasteiger partial charge is 0.299 e. The van der Waals surface area contributed by atoms with Gasteiger partial charge in [0.15, 0.2) is 0 Å². The van der Waals surface area contributed by atoms with Crippen molar-refractivity contribution in [3.63, 3.8) is 0 Å². The van der Waals surface area contributed by atoms with E-state index in [1.165, 1.54) is 22.8 Å². The highest BCUT2D eigenvalue weighted by atomic mass is 16.1. The first-order valence-corrected chi connectivity index (χ1v) is 4.35. The summed E-state index contributed by atoms with van der Waals surface area (Å²) in [6.45, 7) is 6.27. The van der Waals surface area contributed by atoms with Crippen LogP contribution in [0.3, 0.4) is 0 Å². The number of rotatable bonds is 2. The van der Waals surface area contributed by atoms with Gasteiger partial charge in [-0.25, -0.2) is 0 Å². The van der Waals surface area contributed by atoms with Crippen LogP contribution in [0.2, 0.25) is 0 Å². The van der Waals surface area contributed by atoms with Crippen LogP contribution in [-0.4, -0.2) is 6.29 Å². The smallest absolute Gasteiger partial charge is 0.142 e. The van der Waals surface area contributed by atoms with Crippen molar-refractivity contribution in [3.8, 4) is 0 Å². The molecule has 0 unspecified atom stereocenters. The van der Waals surface area contributed by atoms with E-state index in [2.05, 4.69) is 26.8 Å². The monoisotopic (exact) mass is 174 g/mol. The van der Waals surface area contributed by atoms with E-state index in [-0.39, 0.29) is 0 Å². The fraction of sp³-hybridized carbons (Fsp3) is 0.250. The van der Waals surface area contributed by atoms with Crippen LogP contribution in [0, 0.1) is 20.8 Å². The molecule has 0 heterocycles. The molecule has 0 radical (unpaired) electrons. The van der Waals surface area contributed by atoms with E-state index in [1.54, 1.807) is 0 Å². The number of aryl methyl sites for hydroxylation is 1. The van der Waals surface area contributed by atoms with Gasteiger partial charge in [-0.1, -0.05) is 18.2 Å². The summed E-state index contributed by atoms with van der Waals surface area (Å²) in [4.78, 5) is 10.2. The summed E-state index contributed by atoms with van der Waals surface area (Å²) in [6, 6.07) is 4.12. The normalized spacial score (nSPS) is 10.7. The molecule has 0 saturated carbocycles. The molecule has 1 nitrogen and oxygen atoms in total. The molecule has 0 atom stereocenters. The molecule has 68 valence electrons. The SMILES string of the molecule is Cc1ccc(/C=C/C=O)c(C)c1C. The lowest BCUT2D eigenvalue weighted by atomic mass is 9.99. The summed E-state index contributed by atoms with van der Waals surface area (Å²) in [5.74, 6) is 0. The van der Waals surface area contributed by atoms with E-state index in [0.29, 0.717) is 0 Å². The summed E-state index contributed by atoms with van der Waals surface area (Å²) in [5, 5.41) is 0. The topological polar surface area (TPSA) is 17.1 Å². The second kappa shape index (κ2) is 4.04. The zero-order chi connectivity index (χ0) is 9.84.